The van der Waals surface area contributed by atoms with E-state index >= 15 is 0 Å². The maximum atomic E-state index is 13.9. The van der Waals surface area contributed by atoms with E-state index < -0.39 is 17.6 Å². The van der Waals surface area contributed by atoms with Crippen LogP contribution in [-0.2, 0) is 0 Å². The average Bonchev–Trinajstić information content (AvgIpc) is 3.40. The van der Waals surface area contributed by atoms with Gasteiger partial charge in [0.25, 0.3) is 0 Å². The van der Waals surface area contributed by atoms with Gasteiger partial charge in [-0.25, -0.2) is 15.0 Å². The first-order valence-electron chi connectivity index (χ1n) is 11.8. The predicted octanol–water partition coefficient (Wildman–Crippen LogP) is 5.49. The molecule has 2 aromatic heterocycles. The molecule has 0 saturated heterocycles. The molecule has 0 fully saturated rings. The van der Waals surface area contributed by atoms with Crippen LogP contribution in [-0.4, -0.2) is 57.7 Å². The summed E-state index contributed by atoms with van der Waals surface area (Å²) in [6, 6.07) is 8.88. The summed E-state index contributed by atoms with van der Waals surface area (Å²) in [6.45, 7) is 9.40. The second-order valence-corrected chi connectivity index (χ2v) is 8.47. The lowest BCUT2D eigenvalue weighted by Gasteiger charge is -2.22. The van der Waals surface area contributed by atoms with Gasteiger partial charge in [-0.15, -0.1) is 15.0 Å². The number of fused-ring (bicyclic) bond motifs is 1. The van der Waals surface area contributed by atoms with Crippen LogP contribution in [0.4, 0.5) is 24.7 Å². The van der Waals surface area contributed by atoms with Crippen molar-refractivity contribution < 1.29 is 17.9 Å². The zero-order valence-electron chi connectivity index (χ0n) is 20.9. The number of methoxy groups -OCH3 is 1. The molecule has 3 aromatic rings. The Hall–Kier alpha value is -3.76. The second kappa shape index (κ2) is 10.1. The third-order valence-electron chi connectivity index (χ3n) is 5.85. The standard InChI is InChI=1S/C25H28F3N7O/c1-6-8-13-34(7-2)20-12-10-18(16(4)29-20)30-21-22(25(26,27)28)32-35-24(21)31-23(33-35)17-14-15(3)9-11-19(17)36-5/h9-12,14H,6-8,13H2,1-5H3/b30-21-. The third kappa shape index (κ3) is 4.95. The lowest BCUT2D eigenvalue weighted by molar-refractivity contribution is -0.0567. The number of hydrogen-bond acceptors (Lipinski definition) is 7. The molecule has 1 aliphatic rings. The van der Waals surface area contributed by atoms with E-state index in [4.69, 9.17) is 4.74 Å². The number of nitrogens with zero attached hydrogens (tertiary/aromatic N) is 7. The molecule has 1 aliphatic heterocycles. The monoisotopic (exact) mass is 499 g/mol. The summed E-state index contributed by atoms with van der Waals surface area (Å²) in [6.07, 6.45) is -2.66. The molecule has 4 rings (SSSR count). The van der Waals surface area contributed by atoms with Gasteiger partial charge in [0.2, 0.25) is 5.82 Å². The van der Waals surface area contributed by atoms with Crippen LogP contribution in [0, 0.1) is 13.8 Å². The van der Waals surface area contributed by atoms with Crippen LogP contribution in [0.5, 0.6) is 5.75 Å². The minimum absolute atomic E-state index is 0.0949. The fourth-order valence-electron chi connectivity index (χ4n) is 3.91. The number of benzene rings is 1. The van der Waals surface area contributed by atoms with Crippen LogP contribution in [0.1, 0.15) is 43.8 Å². The minimum atomic E-state index is -4.73. The molecular weight excluding hydrogens is 471 g/mol. The molecule has 8 nitrogen and oxygen atoms in total. The third-order valence-corrected chi connectivity index (χ3v) is 5.85. The summed E-state index contributed by atoms with van der Waals surface area (Å²) in [5, 5.41) is 7.88. The molecule has 0 saturated carbocycles. The van der Waals surface area contributed by atoms with Crippen molar-refractivity contribution in [3.63, 3.8) is 0 Å². The highest BCUT2D eigenvalue weighted by Gasteiger charge is 2.45. The number of anilines is 1. The number of hydrogen-bond donors (Lipinski definition) is 0. The van der Waals surface area contributed by atoms with Crippen LogP contribution < -0.4 is 9.64 Å². The predicted molar refractivity (Wildman–Crippen MR) is 134 cm³/mol. The Labute approximate surface area is 207 Å². The number of halogens is 3. The number of unbranched alkanes of at least 4 members (excludes halogenated alkanes) is 1. The molecule has 0 atom stereocenters. The van der Waals surface area contributed by atoms with Crippen molar-refractivity contribution >= 4 is 22.9 Å². The van der Waals surface area contributed by atoms with E-state index in [1.807, 2.05) is 19.9 Å². The number of aryl methyl sites for hydroxylation is 2. The summed E-state index contributed by atoms with van der Waals surface area (Å²) < 4.78 is 47.0. The highest BCUT2D eigenvalue weighted by molar-refractivity contribution is 6.51. The van der Waals surface area contributed by atoms with Crippen LogP contribution in [0.25, 0.3) is 11.4 Å². The van der Waals surface area contributed by atoms with Crippen LogP contribution in [0.2, 0.25) is 0 Å². The molecule has 0 spiro atoms. The molecule has 0 aliphatic carbocycles. The van der Waals surface area contributed by atoms with E-state index in [9.17, 15) is 13.2 Å². The number of aliphatic imine (C=N–C) groups is 1. The molecule has 11 heteroatoms. The minimum Gasteiger partial charge on any atom is -0.496 e. The second-order valence-electron chi connectivity index (χ2n) is 8.47. The Bertz CT molecular complexity index is 1330. The van der Waals surface area contributed by atoms with Crippen LogP contribution in [0.15, 0.2) is 40.4 Å². The summed E-state index contributed by atoms with van der Waals surface area (Å²) in [5.41, 5.74) is 0.747. The zero-order chi connectivity index (χ0) is 26.0. The van der Waals surface area contributed by atoms with Crippen molar-refractivity contribution in [1.82, 2.24) is 19.9 Å². The van der Waals surface area contributed by atoms with Crippen molar-refractivity contribution in [2.75, 3.05) is 25.1 Å². The van der Waals surface area contributed by atoms with Gasteiger partial charge >= 0.3 is 6.18 Å². The van der Waals surface area contributed by atoms with Crippen LogP contribution in [0.3, 0.4) is 0 Å². The lowest BCUT2D eigenvalue weighted by atomic mass is 10.1. The van der Waals surface area contributed by atoms with E-state index in [1.165, 1.54) is 7.11 Å². The molecular formula is C25H28F3N7O. The first-order chi connectivity index (χ1) is 17.2. The zero-order valence-corrected chi connectivity index (χ0v) is 20.9. The molecule has 1 aromatic carbocycles. The molecule has 0 unspecified atom stereocenters. The Morgan fingerprint density at radius 1 is 1.08 bits per heavy atom. The largest absolute Gasteiger partial charge is 0.496 e. The number of aromatic nitrogens is 4. The summed E-state index contributed by atoms with van der Waals surface area (Å²) in [5.74, 6) is 1.37. The van der Waals surface area contributed by atoms with E-state index in [-0.39, 0.29) is 11.6 Å². The number of rotatable bonds is 8. The van der Waals surface area contributed by atoms with Crippen molar-refractivity contribution in [3.05, 3.63) is 47.4 Å². The Morgan fingerprint density at radius 3 is 2.50 bits per heavy atom. The van der Waals surface area contributed by atoms with Crippen molar-refractivity contribution in [3.8, 4) is 17.1 Å². The molecule has 3 heterocycles. The first kappa shape index (κ1) is 25.3. The maximum Gasteiger partial charge on any atom is 0.437 e. The Morgan fingerprint density at radius 2 is 1.86 bits per heavy atom. The fourth-order valence-corrected chi connectivity index (χ4v) is 3.91. The summed E-state index contributed by atoms with van der Waals surface area (Å²) >= 11 is 0. The highest BCUT2D eigenvalue weighted by Crippen LogP contribution is 2.32. The number of pyridine rings is 1. The van der Waals surface area contributed by atoms with Crippen molar-refractivity contribution in [2.24, 2.45) is 10.1 Å². The average molecular weight is 500 g/mol. The van der Waals surface area contributed by atoms with Gasteiger partial charge in [-0.2, -0.15) is 13.2 Å². The van der Waals surface area contributed by atoms with Gasteiger partial charge in [-0.3, -0.25) is 0 Å². The number of ether oxygens (including phenoxy) is 1. The SMILES string of the molecule is CCCCN(CC)c1ccc(/N=C2/C(C(F)(F)F)=Nn3nc(-c4cc(C)ccc4OC)nc32)c(C)n1. The van der Waals surface area contributed by atoms with Gasteiger partial charge in [0.1, 0.15) is 17.3 Å². The summed E-state index contributed by atoms with van der Waals surface area (Å²) in [4.78, 5) is 16.3. The number of alkyl halides is 3. The van der Waals surface area contributed by atoms with Gasteiger partial charge in [0, 0.05) is 13.1 Å². The van der Waals surface area contributed by atoms with Gasteiger partial charge < -0.3 is 9.64 Å². The Balaban J connectivity index is 1.77. The smallest absolute Gasteiger partial charge is 0.437 e. The molecule has 0 bridgehead atoms. The maximum absolute atomic E-state index is 13.9. The molecule has 0 radical (unpaired) electrons. The van der Waals surface area contributed by atoms with Crippen molar-refractivity contribution in [1.29, 1.82) is 0 Å². The van der Waals surface area contributed by atoms with E-state index in [0.29, 0.717) is 22.7 Å². The van der Waals surface area contributed by atoms with Crippen molar-refractivity contribution in [2.45, 2.75) is 46.7 Å². The summed E-state index contributed by atoms with van der Waals surface area (Å²) in [7, 11) is 1.51. The van der Waals surface area contributed by atoms with E-state index in [2.05, 4.69) is 37.0 Å². The normalized spacial score (nSPS) is 14.2. The van der Waals surface area contributed by atoms with E-state index in [0.717, 1.165) is 42.1 Å². The van der Waals surface area contributed by atoms with Gasteiger partial charge in [0.15, 0.2) is 11.5 Å². The molecule has 190 valence electrons. The van der Waals surface area contributed by atoms with Crippen LogP contribution >= 0.6 is 0 Å². The lowest BCUT2D eigenvalue weighted by Crippen LogP contribution is -2.29. The first-order valence-corrected chi connectivity index (χ1v) is 11.8. The van der Waals surface area contributed by atoms with Gasteiger partial charge in [-0.1, -0.05) is 25.0 Å². The quantitative estimate of drug-likeness (QED) is 0.409. The highest BCUT2D eigenvalue weighted by atomic mass is 19.4. The van der Waals surface area contributed by atoms with E-state index in [1.54, 1.807) is 31.2 Å². The molecule has 0 N–H and O–H groups in total. The van der Waals surface area contributed by atoms with Gasteiger partial charge in [0.05, 0.1) is 24.1 Å². The molecule has 36 heavy (non-hydrogen) atoms. The topological polar surface area (TPSA) is 80.8 Å². The fraction of sp³-hybridized carbons (Fsp3) is 0.400. The van der Waals surface area contributed by atoms with Gasteiger partial charge in [-0.05, 0) is 51.5 Å². The Kier molecular flexibility index (Phi) is 7.09. The molecule has 0 amide bonds.